The van der Waals surface area contributed by atoms with Crippen molar-refractivity contribution in [3.8, 4) is 0 Å². The Balaban J connectivity index is 2.04. The monoisotopic (exact) mass is 290 g/mol. The topological polar surface area (TPSA) is 55.2 Å². The average molecular weight is 291 g/mol. The van der Waals surface area contributed by atoms with Crippen LogP contribution in [0, 0.1) is 10.1 Å². The molecule has 1 unspecified atom stereocenters. The molecule has 0 spiro atoms. The second-order valence-corrected chi connectivity index (χ2v) is 5.02. The second kappa shape index (κ2) is 6.39. The van der Waals surface area contributed by atoms with E-state index in [1.807, 2.05) is 18.2 Å². The van der Waals surface area contributed by atoms with Crippen molar-refractivity contribution in [2.24, 2.45) is 0 Å². The predicted molar refractivity (Wildman–Crippen MR) is 81.5 cm³/mol. The van der Waals surface area contributed by atoms with E-state index in [0.29, 0.717) is 18.2 Å². The number of benzene rings is 2. The number of nitro benzene ring substituents is 1. The van der Waals surface area contributed by atoms with Gasteiger partial charge in [0, 0.05) is 18.3 Å². The van der Waals surface area contributed by atoms with Gasteiger partial charge >= 0.3 is 0 Å². The van der Waals surface area contributed by atoms with Gasteiger partial charge < -0.3 is 5.32 Å². The summed E-state index contributed by atoms with van der Waals surface area (Å²) in [5.74, 6) is 0.311. The van der Waals surface area contributed by atoms with Gasteiger partial charge in [0.1, 0.15) is 5.02 Å². The third kappa shape index (κ3) is 3.48. The van der Waals surface area contributed by atoms with E-state index in [1.54, 1.807) is 6.07 Å². The Bertz CT molecular complexity index is 602. The summed E-state index contributed by atoms with van der Waals surface area (Å²) in [5, 5.41) is 14.2. The van der Waals surface area contributed by atoms with Gasteiger partial charge in [0.25, 0.3) is 5.69 Å². The van der Waals surface area contributed by atoms with E-state index in [2.05, 4.69) is 24.4 Å². The van der Waals surface area contributed by atoms with E-state index in [9.17, 15) is 10.1 Å². The van der Waals surface area contributed by atoms with Gasteiger partial charge in [-0.15, -0.1) is 0 Å². The third-order valence-electron chi connectivity index (χ3n) is 3.12. The van der Waals surface area contributed by atoms with Crippen LogP contribution < -0.4 is 5.32 Å². The predicted octanol–water partition coefficient (Wildman–Crippen LogP) is 4.46. The van der Waals surface area contributed by atoms with Crippen LogP contribution in [0.3, 0.4) is 0 Å². The molecule has 2 aromatic carbocycles. The fourth-order valence-corrected chi connectivity index (χ4v) is 2.12. The average Bonchev–Trinajstić information content (AvgIpc) is 2.46. The van der Waals surface area contributed by atoms with Crippen LogP contribution in [0.4, 0.5) is 11.4 Å². The highest BCUT2D eigenvalue weighted by atomic mass is 35.5. The first kappa shape index (κ1) is 14.3. The van der Waals surface area contributed by atoms with Gasteiger partial charge in [0.15, 0.2) is 0 Å². The number of nitrogens with zero attached hydrogens (tertiary/aromatic N) is 1. The molecule has 4 nitrogen and oxygen atoms in total. The van der Waals surface area contributed by atoms with Crippen molar-refractivity contribution in [3.63, 3.8) is 0 Å². The van der Waals surface area contributed by atoms with Crippen LogP contribution in [0.2, 0.25) is 5.02 Å². The number of nitro groups is 1. The van der Waals surface area contributed by atoms with Crippen LogP contribution in [-0.4, -0.2) is 11.5 Å². The number of anilines is 1. The number of nitrogens with one attached hydrogen (secondary N) is 1. The highest BCUT2D eigenvalue weighted by molar-refractivity contribution is 6.32. The van der Waals surface area contributed by atoms with Gasteiger partial charge in [-0.05, 0) is 23.6 Å². The maximum atomic E-state index is 10.8. The van der Waals surface area contributed by atoms with Crippen LogP contribution in [0.15, 0.2) is 48.5 Å². The first-order valence-electron chi connectivity index (χ1n) is 6.30. The summed E-state index contributed by atoms with van der Waals surface area (Å²) in [5.41, 5.74) is 1.84. The molecule has 5 heteroatoms. The molecule has 0 aliphatic heterocycles. The molecule has 0 heterocycles. The summed E-state index contributed by atoms with van der Waals surface area (Å²) in [6.07, 6.45) is 0. The van der Waals surface area contributed by atoms with Crippen LogP contribution in [0.5, 0.6) is 0 Å². The van der Waals surface area contributed by atoms with Crippen molar-refractivity contribution in [2.75, 3.05) is 11.9 Å². The summed E-state index contributed by atoms with van der Waals surface area (Å²) in [4.78, 5) is 10.3. The largest absolute Gasteiger partial charge is 0.384 e. The Morgan fingerprint density at radius 3 is 2.60 bits per heavy atom. The lowest BCUT2D eigenvalue weighted by Crippen LogP contribution is -2.09. The molecule has 0 aliphatic carbocycles. The molecule has 1 N–H and O–H groups in total. The Labute approximate surface area is 122 Å². The Kier molecular flexibility index (Phi) is 4.58. The highest BCUT2D eigenvalue weighted by Crippen LogP contribution is 2.27. The third-order valence-corrected chi connectivity index (χ3v) is 3.44. The van der Waals surface area contributed by atoms with Crippen molar-refractivity contribution in [1.29, 1.82) is 0 Å². The van der Waals surface area contributed by atoms with Gasteiger partial charge in [0.2, 0.25) is 0 Å². The van der Waals surface area contributed by atoms with Crippen molar-refractivity contribution < 1.29 is 4.92 Å². The SMILES string of the molecule is CC(CNc1ccc(Cl)c([N+](=O)[O-])c1)c1ccccc1. The van der Waals surface area contributed by atoms with Crippen molar-refractivity contribution >= 4 is 23.0 Å². The van der Waals surface area contributed by atoms with Crippen molar-refractivity contribution in [1.82, 2.24) is 0 Å². The van der Waals surface area contributed by atoms with E-state index in [-0.39, 0.29) is 10.7 Å². The van der Waals surface area contributed by atoms with Gasteiger partial charge in [-0.25, -0.2) is 0 Å². The van der Waals surface area contributed by atoms with Crippen LogP contribution >= 0.6 is 11.6 Å². The Hall–Kier alpha value is -2.07. The number of hydrogen-bond acceptors (Lipinski definition) is 3. The van der Waals surface area contributed by atoms with Crippen LogP contribution in [-0.2, 0) is 0 Å². The molecule has 0 bridgehead atoms. The molecule has 20 heavy (non-hydrogen) atoms. The van der Waals surface area contributed by atoms with Crippen molar-refractivity contribution in [2.45, 2.75) is 12.8 Å². The van der Waals surface area contributed by atoms with Crippen molar-refractivity contribution in [3.05, 3.63) is 69.2 Å². The van der Waals surface area contributed by atoms with E-state index < -0.39 is 4.92 Å². The molecule has 1 atom stereocenters. The highest BCUT2D eigenvalue weighted by Gasteiger charge is 2.13. The van der Waals surface area contributed by atoms with Gasteiger partial charge in [-0.2, -0.15) is 0 Å². The van der Waals surface area contributed by atoms with Crippen LogP contribution in [0.1, 0.15) is 18.4 Å². The van der Waals surface area contributed by atoms with Gasteiger partial charge in [-0.3, -0.25) is 10.1 Å². The number of rotatable bonds is 5. The molecule has 0 fully saturated rings. The fraction of sp³-hybridized carbons (Fsp3) is 0.200. The summed E-state index contributed by atoms with van der Waals surface area (Å²) < 4.78 is 0. The Morgan fingerprint density at radius 2 is 1.95 bits per heavy atom. The normalized spacial score (nSPS) is 11.9. The summed E-state index contributed by atoms with van der Waals surface area (Å²) >= 11 is 5.78. The van der Waals surface area contributed by atoms with Gasteiger partial charge in [-0.1, -0.05) is 48.9 Å². The smallest absolute Gasteiger partial charge is 0.289 e. The molecule has 0 amide bonds. The molecule has 104 valence electrons. The maximum Gasteiger partial charge on any atom is 0.289 e. The minimum atomic E-state index is -0.478. The minimum Gasteiger partial charge on any atom is -0.384 e. The quantitative estimate of drug-likeness (QED) is 0.653. The van der Waals surface area contributed by atoms with E-state index in [1.165, 1.54) is 17.7 Å². The molecular weight excluding hydrogens is 276 g/mol. The van der Waals surface area contributed by atoms with Gasteiger partial charge in [0.05, 0.1) is 4.92 Å². The molecule has 0 aliphatic rings. The zero-order valence-corrected chi connectivity index (χ0v) is 11.8. The van der Waals surface area contributed by atoms with Crippen LogP contribution in [0.25, 0.3) is 0 Å². The molecule has 2 rings (SSSR count). The first-order chi connectivity index (χ1) is 9.58. The Morgan fingerprint density at radius 1 is 1.25 bits per heavy atom. The maximum absolute atomic E-state index is 10.8. The lowest BCUT2D eigenvalue weighted by atomic mass is 10.0. The molecular formula is C15H15ClN2O2. The first-order valence-corrected chi connectivity index (χ1v) is 6.68. The lowest BCUT2D eigenvalue weighted by Gasteiger charge is -2.14. The van der Waals surface area contributed by atoms with E-state index in [0.717, 1.165) is 0 Å². The molecule has 0 saturated carbocycles. The summed E-state index contributed by atoms with van der Waals surface area (Å²) in [6.45, 7) is 2.80. The second-order valence-electron chi connectivity index (χ2n) is 4.62. The fourth-order valence-electron chi connectivity index (χ4n) is 1.93. The minimum absolute atomic E-state index is 0.0796. The number of hydrogen-bond donors (Lipinski definition) is 1. The molecule has 0 aromatic heterocycles. The van der Waals surface area contributed by atoms with E-state index in [4.69, 9.17) is 11.6 Å². The molecule has 0 radical (unpaired) electrons. The number of halogens is 1. The standard InChI is InChI=1S/C15H15ClN2O2/c1-11(12-5-3-2-4-6-12)10-17-13-7-8-14(16)15(9-13)18(19)20/h2-9,11,17H,10H2,1H3. The summed E-state index contributed by atoms with van der Waals surface area (Å²) in [6, 6.07) is 14.8. The van der Waals surface area contributed by atoms with E-state index >= 15 is 0 Å². The zero-order valence-electron chi connectivity index (χ0n) is 11.0. The zero-order chi connectivity index (χ0) is 14.5. The lowest BCUT2D eigenvalue weighted by molar-refractivity contribution is -0.384. The molecule has 2 aromatic rings. The molecule has 0 saturated heterocycles. The summed E-state index contributed by atoms with van der Waals surface area (Å²) in [7, 11) is 0.